The highest BCUT2D eigenvalue weighted by atomic mass is 35.5. The number of amides is 2. The van der Waals surface area contributed by atoms with Crippen LogP contribution in [0.2, 0.25) is 5.02 Å². The van der Waals surface area contributed by atoms with Crippen molar-refractivity contribution in [1.82, 2.24) is 4.42 Å². The number of nitrogens with zero attached hydrogens (tertiary/aromatic N) is 1. The van der Waals surface area contributed by atoms with Crippen LogP contribution in [-0.2, 0) is 9.59 Å². The van der Waals surface area contributed by atoms with Crippen molar-refractivity contribution in [2.24, 2.45) is 0 Å². The van der Waals surface area contributed by atoms with Crippen LogP contribution in [0.4, 0.5) is 0 Å². The lowest BCUT2D eigenvalue weighted by Crippen LogP contribution is -2.20. The molecule has 3 nitrogen and oxygen atoms in total. The van der Waals surface area contributed by atoms with Crippen molar-refractivity contribution in [3.63, 3.8) is 0 Å². The minimum absolute atomic E-state index is 0.0345. The average molecular weight is 277 g/mol. The Morgan fingerprint density at radius 2 is 1.62 bits per heavy atom. The summed E-state index contributed by atoms with van der Waals surface area (Å²) in [6, 6.07) is 6.59. The van der Waals surface area contributed by atoms with Crippen molar-refractivity contribution in [2.75, 3.05) is 0 Å². The maximum Gasteiger partial charge on any atom is 0.287 e. The second-order valence-electron chi connectivity index (χ2n) is 3.06. The van der Waals surface area contributed by atoms with E-state index in [2.05, 4.69) is 0 Å². The molecule has 1 heterocycles. The van der Waals surface area contributed by atoms with E-state index in [1.165, 1.54) is 0 Å². The first-order valence-electron chi connectivity index (χ1n) is 4.23. The summed E-state index contributed by atoms with van der Waals surface area (Å²) in [5.41, 5.74) is 0.433. The van der Waals surface area contributed by atoms with Gasteiger partial charge in [-0.05, 0) is 6.07 Å². The molecule has 16 heavy (non-hydrogen) atoms. The molecule has 0 spiro atoms. The first-order valence-corrected chi connectivity index (χ1v) is 5.32. The molecule has 0 bridgehead atoms. The molecule has 82 valence electrons. The first kappa shape index (κ1) is 11.5. The van der Waals surface area contributed by atoms with E-state index < -0.39 is 11.8 Å². The zero-order valence-electron chi connectivity index (χ0n) is 7.71. The van der Waals surface area contributed by atoms with Crippen LogP contribution in [0.15, 0.2) is 29.3 Å². The summed E-state index contributed by atoms with van der Waals surface area (Å²) < 4.78 is 0.445. The predicted octanol–water partition coefficient (Wildman–Crippen LogP) is 2.81. The minimum atomic E-state index is -0.733. The highest BCUT2D eigenvalue weighted by molar-refractivity contribution is 6.60. The van der Waals surface area contributed by atoms with E-state index in [1.54, 1.807) is 24.3 Å². The van der Waals surface area contributed by atoms with Crippen LogP contribution >= 0.6 is 35.0 Å². The van der Waals surface area contributed by atoms with E-state index in [4.69, 9.17) is 35.0 Å². The van der Waals surface area contributed by atoms with Gasteiger partial charge in [0.05, 0.1) is 5.57 Å². The van der Waals surface area contributed by atoms with Gasteiger partial charge >= 0.3 is 0 Å². The number of rotatable bonds is 1. The van der Waals surface area contributed by atoms with Gasteiger partial charge in [0.25, 0.3) is 11.8 Å². The normalized spacial score (nSPS) is 16.3. The summed E-state index contributed by atoms with van der Waals surface area (Å²) >= 11 is 17.1. The van der Waals surface area contributed by atoms with Gasteiger partial charge in [0.1, 0.15) is 5.03 Å². The van der Waals surface area contributed by atoms with E-state index >= 15 is 0 Å². The van der Waals surface area contributed by atoms with Gasteiger partial charge in [0.2, 0.25) is 0 Å². The molecule has 1 aliphatic heterocycles. The van der Waals surface area contributed by atoms with Crippen LogP contribution in [0.1, 0.15) is 5.56 Å². The van der Waals surface area contributed by atoms with Crippen molar-refractivity contribution in [3.05, 3.63) is 39.9 Å². The van der Waals surface area contributed by atoms with Gasteiger partial charge in [-0.1, -0.05) is 41.4 Å². The Labute approximate surface area is 106 Å². The van der Waals surface area contributed by atoms with Gasteiger partial charge in [0, 0.05) is 22.4 Å². The highest BCUT2D eigenvalue weighted by Crippen LogP contribution is 2.35. The molecule has 0 saturated carbocycles. The summed E-state index contributed by atoms with van der Waals surface area (Å²) in [4.78, 5) is 23.0. The van der Waals surface area contributed by atoms with Gasteiger partial charge in [-0.15, -0.1) is 0 Å². The summed E-state index contributed by atoms with van der Waals surface area (Å²) in [7, 11) is 0. The van der Waals surface area contributed by atoms with Gasteiger partial charge in [-0.3, -0.25) is 9.59 Å². The molecule has 6 heteroatoms. The number of carbonyl (C=O) groups excluding carboxylic acids is 2. The SMILES string of the molecule is O=C1C(Cl)=C(c2ccccc2Cl)C(=O)N1Cl. The highest BCUT2D eigenvalue weighted by Gasteiger charge is 2.38. The van der Waals surface area contributed by atoms with Gasteiger partial charge in [-0.25, -0.2) is 0 Å². The van der Waals surface area contributed by atoms with Crippen LogP contribution in [-0.4, -0.2) is 16.2 Å². The minimum Gasteiger partial charge on any atom is -0.267 e. The fourth-order valence-corrected chi connectivity index (χ4v) is 2.08. The Hall–Kier alpha value is -1.03. The van der Waals surface area contributed by atoms with Crippen LogP contribution in [0.3, 0.4) is 0 Å². The Balaban J connectivity index is 2.62. The molecule has 0 fully saturated rings. The Morgan fingerprint density at radius 1 is 1.00 bits per heavy atom. The zero-order valence-corrected chi connectivity index (χ0v) is 9.97. The molecule has 2 amide bonds. The van der Waals surface area contributed by atoms with E-state index in [-0.39, 0.29) is 10.6 Å². The maximum atomic E-state index is 11.7. The van der Waals surface area contributed by atoms with Crippen molar-refractivity contribution < 1.29 is 9.59 Å². The molecular weight excluding hydrogens is 272 g/mol. The lowest BCUT2D eigenvalue weighted by Gasteiger charge is -2.04. The topological polar surface area (TPSA) is 37.4 Å². The predicted molar refractivity (Wildman–Crippen MR) is 61.9 cm³/mol. The van der Waals surface area contributed by atoms with E-state index in [0.717, 1.165) is 0 Å². The molecule has 0 radical (unpaired) electrons. The third-order valence-electron chi connectivity index (χ3n) is 2.12. The lowest BCUT2D eigenvalue weighted by atomic mass is 10.1. The molecule has 0 saturated heterocycles. The van der Waals surface area contributed by atoms with Crippen molar-refractivity contribution in [2.45, 2.75) is 0 Å². The quantitative estimate of drug-likeness (QED) is 0.584. The molecule has 0 N–H and O–H groups in total. The molecular formula is C10H4Cl3NO2. The van der Waals surface area contributed by atoms with Gasteiger partial charge in [-0.2, -0.15) is 4.42 Å². The first-order chi connectivity index (χ1) is 7.54. The van der Waals surface area contributed by atoms with Crippen LogP contribution in [0, 0.1) is 0 Å². The summed E-state index contributed by atoms with van der Waals surface area (Å²) in [6.45, 7) is 0. The fourth-order valence-electron chi connectivity index (χ4n) is 1.37. The largest absolute Gasteiger partial charge is 0.287 e. The number of imide groups is 1. The summed E-state index contributed by atoms with van der Waals surface area (Å²) in [5.74, 6) is -1.40. The van der Waals surface area contributed by atoms with E-state index in [1.807, 2.05) is 0 Å². The third-order valence-corrected chi connectivity index (χ3v) is 3.11. The molecule has 1 aromatic carbocycles. The molecule has 1 aliphatic rings. The Bertz CT molecular complexity index is 525. The van der Waals surface area contributed by atoms with Crippen molar-refractivity contribution >= 4 is 52.4 Å². The maximum absolute atomic E-state index is 11.7. The Morgan fingerprint density at radius 3 is 2.12 bits per heavy atom. The number of halogens is 3. The molecule has 0 atom stereocenters. The number of hydrogen-bond acceptors (Lipinski definition) is 2. The summed E-state index contributed by atoms with van der Waals surface area (Å²) in [5, 5.41) is 0.122. The molecule has 2 rings (SSSR count). The number of carbonyl (C=O) groups is 2. The average Bonchev–Trinajstić information content (AvgIpc) is 2.45. The fraction of sp³-hybridized carbons (Fsp3) is 0. The van der Waals surface area contributed by atoms with Crippen molar-refractivity contribution in [3.8, 4) is 0 Å². The molecule has 0 aromatic heterocycles. The van der Waals surface area contributed by atoms with Gasteiger partial charge in [0.15, 0.2) is 0 Å². The van der Waals surface area contributed by atoms with Gasteiger partial charge < -0.3 is 0 Å². The van der Waals surface area contributed by atoms with Crippen LogP contribution in [0.25, 0.3) is 5.57 Å². The number of hydrogen-bond donors (Lipinski definition) is 0. The monoisotopic (exact) mass is 275 g/mol. The standard InChI is InChI=1S/C10H4Cl3NO2/c11-6-4-2-1-3-5(6)7-8(12)10(16)14(13)9(7)15/h1-4H. The van der Waals surface area contributed by atoms with Crippen LogP contribution in [0.5, 0.6) is 0 Å². The zero-order chi connectivity index (χ0) is 11.9. The Kier molecular flexibility index (Phi) is 2.93. The number of benzene rings is 1. The summed E-state index contributed by atoms with van der Waals surface area (Å²) in [6.07, 6.45) is 0. The third kappa shape index (κ3) is 1.61. The van der Waals surface area contributed by atoms with E-state index in [0.29, 0.717) is 15.0 Å². The van der Waals surface area contributed by atoms with Crippen LogP contribution < -0.4 is 0 Å². The van der Waals surface area contributed by atoms with Crippen molar-refractivity contribution in [1.29, 1.82) is 0 Å². The van der Waals surface area contributed by atoms with E-state index in [9.17, 15) is 9.59 Å². The lowest BCUT2D eigenvalue weighted by molar-refractivity contribution is -0.130. The molecule has 0 unspecified atom stereocenters. The second-order valence-corrected chi connectivity index (χ2v) is 4.18. The smallest absolute Gasteiger partial charge is 0.267 e. The molecule has 1 aromatic rings. The molecule has 0 aliphatic carbocycles. The second kappa shape index (κ2) is 4.09.